The number of amides is 1. The van der Waals surface area contributed by atoms with Crippen molar-refractivity contribution in [2.24, 2.45) is 5.92 Å². The molecule has 3 rings (SSSR count). The van der Waals surface area contributed by atoms with Crippen molar-refractivity contribution in [3.05, 3.63) is 57.6 Å². The van der Waals surface area contributed by atoms with Gasteiger partial charge in [0, 0.05) is 42.0 Å². The first kappa shape index (κ1) is 20.5. The van der Waals surface area contributed by atoms with Crippen LogP contribution in [0.15, 0.2) is 41.5 Å². The number of rotatable bonds is 6. The van der Waals surface area contributed by atoms with Gasteiger partial charge in [-0.05, 0) is 17.7 Å². The van der Waals surface area contributed by atoms with Crippen LogP contribution in [-0.2, 0) is 11.3 Å². The zero-order valence-corrected chi connectivity index (χ0v) is 16.9. The lowest BCUT2D eigenvalue weighted by Gasteiger charge is -2.11. The van der Waals surface area contributed by atoms with Gasteiger partial charge in [0.05, 0.1) is 17.8 Å². The highest BCUT2D eigenvalue weighted by molar-refractivity contribution is 6.33. The Hall–Kier alpha value is -3.26. The maximum absolute atomic E-state index is 12.2. The minimum absolute atomic E-state index is 0.0467. The molecule has 0 bridgehead atoms. The smallest absolute Gasteiger partial charge is 0.316 e. The van der Waals surface area contributed by atoms with Gasteiger partial charge in [-0.15, -0.1) is 0 Å². The zero-order chi connectivity index (χ0) is 21.0. The number of carbonyl (C=O) groups is 1. The standard InChI is InChI=1S/C20H20ClN5O3/c1-11(2)19(28)22-8-12-4-5-15(21)14(6-12)18-25-16(7-17(27)26-18)13-9-23-20(29-3)24-10-13/h4-7,9-11H,8H2,1-3H3,(H,22,28)(H,25,26,27). The number of nitrogens with zero attached hydrogens (tertiary/aromatic N) is 3. The van der Waals surface area contributed by atoms with Crippen LogP contribution in [0, 0.1) is 5.92 Å². The summed E-state index contributed by atoms with van der Waals surface area (Å²) in [7, 11) is 1.47. The quantitative estimate of drug-likeness (QED) is 0.643. The molecule has 0 saturated carbocycles. The fourth-order valence-electron chi connectivity index (χ4n) is 2.54. The first-order valence-corrected chi connectivity index (χ1v) is 9.29. The molecule has 0 saturated heterocycles. The van der Waals surface area contributed by atoms with Crippen LogP contribution in [0.4, 0.5) is 0 Å². The third kappa shape index (κ3) is 4.97. The topological polar surface area (TPSA) is 110 Å². The minimum atomic E-state index is -0.338. The molecule has 0 radical (unpaired) electrons. The lowest BCUT2D eigenvalue weighted by molar-refractivity contribution is -0.124. The SMILES string of the molecule is COc1ncc(-c2cc(=O)[nH]c(-c3cc(CNC(=O)C(C)C)ccc3Cl)n2)cn1. The molecule has 0 aliphatic carbocycles. The third-order valence-electron chi connectivity index (χ3n) is 4.13. The number of ether oxygens (including phenoxy) is 1. The van der Waals surface area contributed by atoms with E-state index in [4.69, 9.17) is 16.3 Å². The molecule has 0 aliphatic rings. The van der Waals surface area contributed by atoms with Gasteiger partial charge in [0.2, 0.25) is 5.91 Å². The molecular formula is C20H20ClN5O3. The number of aromatic nitrogens is 4. The Bertz CT molecular complexity index is 1080. The van der Waals surface area contributed by atoms with Crippen molar-refractivity contribution < 1.29 is 9.53 Å². The third-order valence-corrected chi connectivity index (χ3v) is 4.45. The summed E-state index contributed by atoms with van der Waals surface area (Å²) in [4.78, 5) is 39.3. The van der Waals surface area contributed by atoms with Gasteiger partial charge >= 0.3 is 6.01 Å². The molecule has 2 N–H and O–H groups in total. The number of nitrogens with one attached hydrogen (secondary N) is 2. The zero-order valence-electron chi connectivity index (χ0n) is 16.2. The number of H-pyrrole nitrogens is 1. The molecule has 29 heavy (non-hydrogen) atoms. The van der Waals surface area contributed by atoms with Gasteiger partial charge in [-0.25, -0.2) is 15.0 Å². The Morgan fingerprint density at radius 1 is 1.24 bits per heavy atom. The van der Waals surface area contributed by atoms with Crippen LogP contribution in [0.5, 0.6) is 6.01 Å². The van der Waals surface area contributed by atoms with Crippen molar-refractivity contribution in [1.29, 1.82) is 0 Å². The summed E-state index contributed by atoms with van der Waals surface area (Å²) < 4.78 is 4.95. The van der Waals surface area contributed by atoms with Crippen molar-refractivity contribution in [3.63, 3.8) is 0 Å². The predicted octanol–water partition coefficient (Wildman–Crippen LogP) is 2.83. The van der Waals surface area contributed by atoms with Crippen LogP contribution in [0.3, 0.4) is 0 Å². The summed E-state index contributed by atoms with van der Waals surface area (Å²) in [6, 6.07) is 6.88. The Labute approximate surface area is 172 Å². The summed E-state index contributed by atoms with van der Waals surface area (Å²) in [5.74, 6) is 0.156. The van der Waals surface area contributed by atoms with Gasteiger partial charge in [-0.1, -0.05) is 31.5 Å². The monoisotopic (exact) mass is 413 g/mol. The fraction of sp³-hybridized carbons (Fsp3) is 0.250. The Kier molecular flexibility index (Phi) is 6.23. The molecule has 0 unspecified atom stereocenters. The molecule has 2 aromatic heterocycles. The van der Waals surface area contributed by atoms with E-state index in [0.717, 1.165) is 5.56 Å². The Morgan fingerprint density at radius 2 is 1.97 bits per heavy atom. The van der Waals surface area contributed by atoms with E-state index in [1.165, 1.54) is 25.6 Å². The van der Waals surface area contributed by atoms with Gasteiger partial charge in [-0.3, -0.25) is 9.59 Å². The van der Waals surface area contributed by atoms with Crippen LogP contribution in [-0.4, -0.2) is 33.0 Å². The molecular weight excluding hydrogens is 394 g/mol. The Morgan fingerprint density at radius 3 is 2.62 bits per heavy atom. The molecule has 1 aromatic carbocycles. The lowest BCUT2D eigenvalue weighted by Crippen LogP contribution is -2.27. The van der Waals surface area contributed by atoms with Gasteiger partial charge in [0.1, 0.15) is 5.82 Å². The molecule has 150 valence electrons. The van der Waals surface area contributed by atoms with Gasteiger partial charge < -0.3 is 15.0 Å². The van der Waals surface area contributed by atoms with Crippen molar-refractivity contribution in [3.8, 4) is 28.7 Å². The van der Waals surface area contributed by atoms with Crippen LogP contribution < -0.4 is 15.6 Å². The average Bonchev–Trinajstić information content (AvgIpc) is 2.72. The van der Waals surface area contributed by atoms with Crippen LogP contribution in [0.1, 0.15) is 19.4 Å². The van der Waals surface area contributed by atoms with E-state index in [1.807, 2.05) is 19.9 Å². The highest BCUT2D eigenvalue weighted by Crippen LogP contribution is 2.27. The molecule has 8 nitrogen and oxygen atoms in total. The van der Waals surface area contributed by atoms with E-state index >= 15 is 0 Å². The number of hydrogen-bond donors (Lipinski definition) is 2. The molecule has 0 fully saturated rings. The molecule has 2 heterocycles. The van der Waals surface area contributed by atoms with E-state index in [9.17, 15) is 9.59 Å². The van der Waals surface area contributed by atoms with E-state index in [2.05, 4.69) is 25.3 Å². The number of halogens is 1. The summed E-state index contributed by atoms with van der Waals surface area (Å²) in [6.07, 6.45) is 3.05. The van der Waals surface area contributed by atoms with Crippen LogP contribution in [0.2, 0.25) is 5.02 Å². The summed E-state index contributed by atoms with van der Waals surface area (Å²) in [5, 5.41) is 3.28. The molecule has 9 heteroatoms. The highest BCUT2D eigenvalue weighted by atomic mass is 35.5. The number of hydrogen-bond acceptors (Lipinski definition) is 6. The summed E-state index contributed by atoms with van der Waals surface area (Å²) in [6.45, 7) is 3.99. The van der Waals surface area contributed by atoms with Gasteiger partial charge in [0.25, 0.3) is 5.56 Å². The number of methoxy groups -OCH3 is 1. The average molecular weight is 414 g/mol. The molecule has 0 atom stereocenters. The first-order valence-electron chi connectivity index (χ1n) is 8.91. The fourth-order valence-corrected chi connectivity index (χ4v) is 2.75. The number of aromatic amines is 1. The van der Waals surface area contributed by atoms with Crippen LogP contribution >= 0.6 is 11.6 Å². The van der Waals surface area contributed by atoms with Crippen LogP contribution in [0.25, 0.3) is 22.6 Å². The maximum atomic E-state index is 12.2. The lowest BCUT2D eigenvalue weighted by atomic mass is 10.1. The molecule has 1 amide bonds. The van der Waals surface area contributed by atoms with Crippen molar-refractivity contribution in [1.82, 2.24) is 25.3 Å². The molecule has 3 aromatic rings. The second-order valence-corrected chi connectivity index (χ2v) is 7.03. The highest BCUT2D eigenvalue weighted by Gasteiger charge is 2.12. The number of carbonyl (C=O) groups excluding carboxylic acids is 1. The van der Waals surface area contributed by atoms with E-state index in [1.54, 1.807) is 12.1 Å². The van der Waals surface area contributed by atoms with Gasteiger partial charge in [0.15, 0.2) is 0 Å². The van der Waals surface area contributed by atoms with Crippen molar-refractivity contribution in [2.45, 2.75) is 20.4 Å². The molecule has 0 aliphatic heterocycles. The number of benzene rings is 1. The Balaban J connectivity index is 1.95. The van der Waals surface area contributed by atoms with E-state index < -0.39 is 0 Å². The van der Waals surface area contributed by atoms with E-state index in [-0.39, 0.29) is 23.4 Å². The minimum Gasteiger partial charge on any atom is -0.467 e. The summed E-state index contributed by atoms with van der Waals surface area (Å²) >= 11 is 6.34. The second kappa shape index (κ2) is 8.83. The maximum Gasteiger partial charge on any atom is 0.316 e. The first-order chi connectivity index (χ1) is 13.9. The van der Waals surface area contributed by atoms with Gasteiger partial charge in [-0.2, -0.15) is 0 Å². The van der Waals surface area contributed by atoms with E-state index in [0.29, 0.717) is 34.2 Å². The largest absolute Gasteiger partial charge is 0.467 e. The summed E-state index contributed by atoms with van der Waals surface area (Å²) in [5.41, 5.74) is 2.02. The second-order valence-electron chi connectivity index (χ2n) is 6.62. The normalized spacial score (nSPS) is 10.8. The molecule has 0 spiro atoms. The van der Waals surface area contributed by atoms with Crippen molar-refractivity contribution in [2.75, 3.05) is 7.11 Å². The predicted molar refractivity (Wildman–Crippen MR) is 110 cm³/mol. The van der Waals surface area contributed by atoms with Crippen molar-refractivity contribution >= 4 is 17.5 Å².